The molecule has 2 heteroatoms. The standard InChI is InChI=1S/C18H16O2/c1-2-3-14-18(17(19)20,15-10-6-4-7-11-15)16-12-8-5-9-13-16/h1,4-13H,3,14H2,(H,19,20). The lowest BCUT2D eigenvalue weighted by molar-refractivity contribution is -0.142. The Balaban J connectivity index is 2.64. The van der Waals surface area contributed by atoms with E-state index in [9.17, 15) is 9.90 Å². The fourth-order valence-electron chi connectivity index (χ4n) is 2.51. The highest BCUT2D eigenvalue weighted by atomic mass is 16.4. The van der Waals surface area contributed by atoms with Crippen LogP contribution < -0.4 is 0 Å². The zero-order valence-electron chi connectivity index (χ0n) is 11.1. The quantitative estimate of drug-likeness (QED) is 0.840. The lowest BCUT2D eigenvalue weighted by Crippen LogP contribution is -2.37. The fraction of sp³-hybridized carbons (Fsp3) is 0.167. The number of carboxylic acids is 1. The van der Waals surface area contributed by atoms with Crippen LogP contribution >= 0.6 is 0 Å². The molecular formula is C18H16O2. The average Bonchev–Trinajstić information content (AvgIpc) is 2.50. The van der Waals surface area contributed by atoms with Gasteiger partial charge in [0.1, 0.15) is 5.41 Å². The molecule has 2 aromatic carbocycles. The molecule has 0 saturated carbocycles. The topological polar surface area (TPSA) is 37.3 Å². The highest BCUT2D eigenvalue weighted by Crippen LogP contribution is 2.37. The van der Waals surface area contributed by atoms with Crippen molar-refractivity contribution in [1.29, 1.82) is 0 Å². The second-order valence-corrected chi connectivity index (χ2v) is 4.65. The molecule has 1 N–H and O–H groups in total. The zero-order valence-corrected chi connectivity index (χ0v) is 11.1. The first-order valence-electron chi connectivity index (χ1n) is 6.49. The monoisotopic (exact) mass is 264 g/mol. The van der Waals surface area contributed by atoms with E-state index in [1.807, 2.05) is 60.7 Å². The van der Waals surface area contributed by atoms with Crippen molar-refractivity contribution in [2.75, 3.05) is 0 Å². The number of benzene rings is 2. The minimum absolute atomic E-state index is 0.382. The summed E-state index contributed by atoms with van der Waals surface area (Å²) < 4.78 is 0. The molecule has 2 rings (SSSR count). The van der Waals surface area contributed by atoms with Gasteiger partial charge in [0.2, 0.25) is 0 Å². The molecule has 0 spiro atoms. The molecule has 0 bridgehead atoms. The van der Waals surface area contributed by atoms with Gasteiger partial charge in [-0.15, -0.1) is 12.3 Å². The third-order valence-electron chi connectivity index (χ3n) is 3.54. The van der Waals surface area contributed by atoms with E-state index in [2.05, 4.69) is 5.92 Å². The van der Waals surface area contributed by atoms with Gasteiger partial charge in [-0.1, -0.05) is 60.7 Å². The summed E-state index contributed by atoms with van der Waals surface area (Å²) in [5.74, 6) is 1.68. The molecule has 100 valence electrons. The van der Waals surface area contributed by atoms with Gasteiger partial charge in [-0.2, -0.15) is 0 Å². The van der Waals surface area contributed by atoms with E-state index in [4.69, 9.17) is 6.42 Å². The third kappa shape index (κ3) is 2.44. The van der Waals surface area contributed by atoms with Crippen LogP contribution in [0.5, 0.6) is 0 Å². The van der Waals surface area contributed by atoms with Crippen LogP contribution in [0.4, 0.5) is 0 Å². The summed E-state index contributed by atoms with van der Waals surface area (Å²) in [6, 6.07) is 18.5. The number of carbonyl (C=O) groups is 1. The first-order valence-corrected chi connectivity index (χ1v) is 6.49. The van der Waals surface area contributed by atoms with Crippen LogP contribution in [-0.4, -0.2) is 11.1 Å². The van der Waals surface area contributed by atoms with Gasteiger partial charge in [-0.25, -0.2) is 0 Å². The van der Waals surface area contributed by atoms with Gasteiger partial charge in [-0.3, -0.25) is 4.79 Å². The minimum Gasteiger partial charge on any atom is -0.480 e. The number of hydrogen-bond acceptors (Lipinski definition) is 1. The van der Waals surface area contributed by atoms with Crippen LogP contribution in [0.3, 0.4) is 0 Å². The van der Waals surface area contributed by atoms with Gasteiger partial charge >= 0.3 is 5.97 Å². The Morgan fingerprint density at radius 3 is 1.80 bits per heavy atom. The predicted octanol–water partition coefficient (Wildman–Crippen LogP) is 3.47. The predicted molar refractivity (Wildman–Crippen MR) is 79.4 cm³/mol. The number of aliphatic carboxylic acids is 1. The average molecular weight is 264 g/mol. The summed E-state index contributed by atoms with van der Waals surface area (Å²) in [5.41, 5.74) is 0.428. The highest BCUT2D eigenvalue weighted by Gasteiger charge is 2.41. The van der Waals surface area contributed by atoms with Crippen molar-refractivity contribution in [3.05, 3.63) is 71.8 Å². The molecule has 20 heavy (non-hydrogen) atoms. The third-order valence-corrected chi connectivity index (χ3v) is 3.54. The molecule has 0 aliphatic rings. The van der Waals surface area contributed by atoms with Crippen LogP contribution in [0.1, 0.15) is 24.0 Å². The molecule has 2 aromatic rings. The van der Waals surface area contributed by atoms with Crippen LogP contribution in [0, 0.1) is 12.3 Å². The first-order chi connectivity index (χ1) is 9.71. The second-order valence-electron chi connectivity index (χ2n) is 4.65. The van der Waals surface area contributed by atoms with E-state index >= 15 is 0 Å². The van der Waals surface area contributed by atoms with E-state index in [-0.39, 0.29) is 0 Å². The van der Waals surface area contributed by atoms with E-state index in [1.54, 1.807) is 0 Å². The Bertz CT molecular complexity index is 569. The number of hydrogen-bond donors (Lipinski definition) is 1. The van der Waals surface area contributed by atoms with Gasteiger partial charge in [0.15, 0.2) is 0 Å². The van der Waals surface area contributed by atoms with E-state index in [0.29, 0.717) is 12.8 Å². The zero-order chi connectivity index (χ0) is 14.4. The smallest absolute Gasteiger partial charge is 0.318 e. The minimum atomic E-state index is -1.09. The molecule has 0 amide bonds. The van der Waals surface area contributed by atoms with Gasteiger partial charge in [-0.05, 0) is 17.5 Å². The summed E-state index contributed by atoms with van der Waals surface area (Å²) in [4.78, 5) is 12.1. The van der Waals surface area contributed by atoms with E-state index in [0.717, 1.165) is 11.1 Å². The number of carboxylic acid groups (broad SMARTS) is 1. The summed E-state index contributed by atoms with van der Waals surface area (Å²) in [5, 5.41) is 9.89. The molecule has 0 atom stereocenters. The van der Waals surface area contributed by atoms with Crippen molar-refractivity contribution in [3.63, 3.8) is 0 Å². The molecule has 0 heterocycles. The maximum Gasteiger partial charge on any atom is 0.318 e. The van der Waals surface area contributed by atoms with Gasteiger partial charge < -0.3 is 5.11 Å². The molecule has 0 saturated heterocycles. The maximum absolute atomic E-state index is 12.1. The van der Waals surface area contributed by atoms with E-state index < -0.39 is 11.4 Å². The van der Waals surface area contributed by atoms with Crippen molar-refractivity contribution in [1.82, 2.24) is 0 Å². The highest BCUT2D eigenvalue weighted by molar-refractivity contribution is 5.86. The largest absolute Gasteiger partial charge is 0.480 e. The SMILES string of the molecule is C#CCCC(C(=O)O)(c1ccccc1)c1ccccc1. The summed E-state index contributed by atoms with van der Waals surface area (Å²) >= 11 is 0. The van der Waals surface area contributed by atoms with Gasteiger partial charge in [0, 0.05) is 6.42 Å². The lowest BCUT2D eigenvalue weighted by atomic mass is 9.71. The molecule has 0 aliphatic heterocycles. The molecule has 0 radical (unpaired) electrons. The van der Waals surface area contributed by atoms with Gasteiger partial charge in [0.05, 0.1) is 0 Å². The van der Waals surface area contributed by atoms with Gasteiger partial charge in [0.25, 0.3) is 0 Å². The summed E-state index contributed by atoms with van der Waals surface area (Å²) in [6.07, 6.45) is 6.14. The van der Waals surface area contributed by atoms with Crippen molar-refractivity contribution in [3.8, 4) is 12.3 Å². The van der Waals surface area contributed by atoms with Crippen molar-refractivity contribution in [2.45, 2.75) is 18.3 Å². The van der Waals surface area contributed by atoms with Crippen LogP contribution in [0.2, 0.25) is 0 Å². The number of terminal acetylenes is 1. The lowest BCUT2D eigenvalue weighted by Gasteiger charge is -2.30. The Morgan fingerprint density at radius 1 is 1.00 bits per heavy atom. The second kappa shape index (κ2) is 6.08. The molecule has 0 unspecified atom stereocenters. The van der Waals surface area contributed by atoms with Crippen LogP contribution in [0.15, 0.2) is 60.7 Å². The summed E-state index contributed by atoms with van der Waals surface area (Å²) in [6.45, 7) is 0. The Morgan fingerprint density at radius 2 is 1.45 bits per heavy atom. The fourth-order valence-corrected chi connectivity index (χ4v) is 2.51. The van der Waals surface area contributed by atoms with Crippen molar-refractivity contribution >= 4 is 5.97 Å². The Labute approximate surface area is 119 Å². The van der Waals surface area contributed by atoms with Crippen molar-refractivity contribution in [2.24, 2.45) is 0 Å². The summed E-state index contributed by atoms with van der Waals surface area (Å²) in [7, 11) is 0. The maximum atomic E-state index is 12.1. The molecule has 0 fully saturated rings. The van der Waals surface area contributed by atoms with Crippen molar-refractivity contribution < 1.29 is 9.90 Å². The molecule has 0 aromatic heterocycles. The number of rotatable bonds is 5. The van der Waals surface area contributed by atoms with E-state index in [1.165, 1.54) is 0 Å². The molecular weight excluding hydrogens is 248 g/mol. The molecule has 2 nitrogen and oxygen atoms in total. The Hall–Kier alpha value is -2.53. The Kier molecular flexibility index (Phi) is 4.22. The molecule has 0 aliphatic carbocycles. The van der Waals surface area contributed by atoms with Crippen LogP contribution in [0.25, 0.3) is 0 Å². The van der Waals surface area contributed by atoms with Crippen LogP contribution in [-0.2, 0) is 10.2 Å². The first kappa shape index (κ1) is 13.9. The normalized spacial score (nSPS) is 10.8.